The number of nitrogens with one attached hydrogen (secondary N) is 1. The molecule has 2 aromatic rings. The summed E-state index contributed by atoms with van der Waals surface area (Å²) in [5, 5.41) is 7.52. The van der Waals surface area contributed by atoms with E-state index in [1.165, 1.54) is 0 Å². The summed E-state index contributed by atoms with van der Waals surface area (Å²) < 4.78 is 11.2. The Morgan fingerprint density at radius 3 is 2.62 bits per heavy atom. The van der Waals surface area contributed by atoms with Gasteiger partial charge >= 0.3 is 0 Å². The van der Waals surface area contributed by atoms with Crippen molar-refractivity contribution in [2.45, 2.75) is 33.2 Å². The van der Waals surface area contributed by atoms with Crippen molar-refractivity contribution in [2.24, 2.45) is 4.99 Å². The van der Waals surface area contributed by atoms with E-state index in [2.05, 4.69) is 41.0 Å². The number of aliphatic imine (C=N–C) groups is 1. The highest BCUT2D eigenvalue weighted by Gasteiger charge is 2.19. The molecule has 0 saturated carbocycles. The van der Waals surface area contributed by atoms with Gasteiger partial charge in [-0.15, -0.1) is 0 Å². The molecular weight excluding hydrogens is 366 g/mol. The first kappa shape index (κ1) is 21.2. The Bertz CT molecular complexity index is 752. The molecule has 1 aliphatic heterocycles. The van der Waals surface area contributed by atoms with Crippen LogP contribution in [0, 0.1) is 0 Å². The van der Waals surface area contributed by atoms with Crippen LogP contribution in [-0.2, 0) is 6.54 Å². The molecule has 1 fully saturated rings. The van der Waals surface area contributed by atoms with Gasteiger partial charge in [0.1, 0.15) is 18.9 Å². The third-order valence-electron chi connectivity index (χ3n) is 4.98. The molecule has 0 radical (unpaired) electrons. The second kappa shape index (κ2) is 10.9. The summed E-state index contributed by atoms with van der Waals surface area (Å²) in [6.45, 7) is 13.2. The molecule has 0 unspecified atom stereocenters. The number of benzene rings is 1. The van der Waals surface area contributed by atoms with Crippen LogP contribution in [0.1, 0.15) is 38.1 Å². The predicted molar refractivity (Wildman–Crippen MR) is 115 cm³/mol. The van der Waals surface area contributed by atoms with Crippen molar-refractivity contribution in [3.05, 3.63) is 47.9 Å². The van der Waals surface area contributed by atoms with E-state index < -0.39 is 0 Å². The smallest absolute Gasteiger partial charge is 0.194 e. The third-order valence-corrected chi connectivity index (χ3v) is 4.98. The van der Waals surface area contributed by atoms with E-state index in [4.69, 9.17) is 14.3 Å². The number of piperazine rings is 1. The second-order valence-corrected chi connectivity index (χ2v) is 7.53. The largest absolute Gasteiger partial charge is 0.492 e. The van der Waals surface area contributed by atoms with Gasteiger partial charge in [-0.2, -0.15) is 0 Å². The Labute approximate surface area is 173 Å². The number of aromatic nitrogens is 1. The first-order valence-corrected chi connectivity index (χ1v) is 10.5. The number of rotatable bonds is 8. The number of ether oxygens (including phenoxy) is 1. The highest BCUT2D eigenvalue weighted by Crippen LogP contribution is 2.15. The minimum absolute atomic E-state index is 0.365. The molecule has 0 atom stereocenters. The maximum Gasteiger partial charge on any atom is 0.194 e. The van der Waals surface area contributed by atoms with Crippen LogP contribution >= 0.6 is 0 Å². The van der Waals surface area contributed by atoms with Crippen molar-refractivity contribution < 1.29 is 9.26 Å². The van der Waals surface area contributed by atoms with Gasteiger partial charge in [0.15, 0.2) is 11.7 Å². The van der Waals surface area contributed by atoms with Crippen LogP contribution in [0.15, 0.2) is 45.9 Å². The minimum atomic E-state index is 0.365. The molecule has 1 saturated heterocycles. The first-order chi connectivity index (χ1) is 14.2. The molecule has 0 spiro atoms. The highest BCUT2D eigenvalue weighted by molar-refractivity contribution is 5.80. The summed E-state index contributed by atoms with van der Waals surface area (Å²) in [6.07, 6.45) is 0. The lowest BCUT2D eigenvalue weighted by atomic mass is 10.1. The summed E-state index contributed by atoms with van der Waals surface area (Å²) >= 11 is 0. The fourth-order valence-corrected chi connectivity index (χ4v) is 3.25. The normalized spacial score (nSPS) is 15.7. The van der Waals surface area contributed by atoms with E-state index in [0.717, 1.165) is 62.4 Å². The molecule has 2 heterocycles. The SMILES string of the molecule is CCNC(=NCc1cc(C(C)C)no1)N1CCN(CCOc2ccccc2)CC1. The Morgan fingerprint density at radius 1 is 1.21 bits per heavy atom. The monoisotopic (exact) mass is 399 g/mol. The van der Waals surface area contributed by atoms with Crippen molar-refractivity contribution in [3.63, 3.8) is 0 Å². The third kappa shape index (κ3) is 6.49. The number of nitrogens with zero attached hydrogens (tertiary/aromatic N) is 4. The average Bonchev–Trinajstić information content (AvgIpc) is 3.22. The summed E-state index contributed by atoms with van der Waals surface area (Å²) in [4.78, 5) is 9.52. The van der Waals surface area contributed by atoms with Crippen LogP contribution in [0.5, 0.6) is 5.75 Å². The first-order valence-electron chi connectivity index (χ1n) is 10.5. The second-order valence-electron chi connectivity index (χ2n) is 7.53. The van der Waals surface area contributed by atoms with Crippen molar-refractivity contribution in [2.75, 3.05) is 45.9 Å². The van der Waals surface area contributed by atoms with Gasteiger partial charge in [-0.3, -0.25) is 4.90 Å². The van der Waals surface area contributed by atoms with Crippen LogP contribution in [0.25, 0.3) is 0 Å². The molecule has 1 aromatic heterocycles. The van der Waals surface area contributed by atoms with Crippen LogP contribution < -0.4 is 10.1 Å². The molecule has 7 heteroatoms. The van der Waals surface area contributed by atoms with E-state index in [1.807, 2.05) is 36.4 Å². The van der Waals surface area contributed by atoms with E-state index in [9.17, 15) is 0 Å². The Morgan fingerprint density at radius 2 is 1.97 bits per heavy atom. The molecule has 3 rings (SSSR count). The Balaban J connectivity index is 1.45. The van der Waals surface area contributed by atoms with Crippen molar-refractivity contribution in [1.29, 1.82) is 0 Å². The molecule has 0 aliphatic carbocycles. The molecule has 1 aliphatic rings. The van der Waals surface area contributed by atoms with Crippen LogP contribution in [0.2, 0.25) is 0 Å². The van der Waals surface area contributed by atoms with Crippen molar-refractivity contribution >= 4 is 5.96 Å². The zero-order chi connectivity index (χ0) is 20.5. The summed E-state index contributed by atoms with van der Waals surface area (Å²) in [5.41, 5.74) is 0.978. The summed E-state index contributed by atoms with van der Waals surface area (Å²) in [6, 6.07) is 12.0. The zero-order valence-electron chi connectivity index (χ0n) is 17.8. The fourth-order valence-electron chi connectivity index (χ4n) is 3.25. The summed E-state index contributed by atoms with van der Waals surface area (Å²) in [5.74, 6) is 3.04. The van der Waals surface area contributed by atoms with Gasteiger partial charge in [0, 0.05) is 45.3 Å². The van der Waals surface area contributed by atoms with Crippen molar-refractivity contribution in [1.82, 2.24) is 20.3 Å². The molecule has 1 aromatic carbocycles. The van der Waals surface area contributed by atoms with Crippen LogP contribution in [-0.4, -0.2) is 66.8 Å². The van der Waals surface area contributed by atoms with Gasteiger partial charge in [0.25, 0.3) is 0 Å². The fraction of sp³-hybridized carbons (Fsp3) is 0.545. The lowest BCUT2D eigenvalue weighted by molar-refractivity contribution is 0.152. The standard InChI is InChI=1S/C22H33N5O2/c1-4-23-22(24-17-20-16-21(18(2)3)25-29-20)27-12-10-26(11-13-27)14-15-28-19-8-6-5-7-9-19/h5-9,16,18H,4,10-15,17H2,1-3H3,(H,23,24). The molecular formula is C22H33N5O2. The zero-order valence-corrected chi connectivity index (χ0v) is 17.8. The molecule has 1 N–H and O–H groups in total. The van der Waals surface area contributed by atoms with Gasteiger partial charge in [0.05, 0.1) is 5.69 Å². The predicted octanol–water partition coefficient (Wildman–Crippen LogP) is 2.96. The molecule has 7 nitrogen and oxygen atoms in total. The van der Waals surface area contributed by atoms with Gasteiger partial charge in [0.2, 0.25) is 0 Å². The molecule has 29 heavy (non-hydrogen) atoms. The lowest BCUT2D eigenvalue weighted by Crippen LogP contribution is -2.53. The number of hydrogen-bond acceptors (Lipinski definition) is 5. The van der Waals surface area contributed by atoms with Gasteiger partial charge in [-0.05, 0) is 25.0 Å². The molecule has 158 valence electrons. The maximum absolute atomic E-state index is 5.82. The lowest BCUT2D eigenvalue weighted by Gasteiger charge is -2.36. The number of hydrogen-bond donors (Lipinski definition) is 1. The Kier molecular flexibility index (Phi) is 7.93. The van der Waals surface area contributed by atoms with E-state index in [1.54, 1.807) is 0 Å². The quantitative estimate of drug-likeness (QED) is 0.544. The average molecular weight is 400 g/mol. The van der Waals surface area contributed by atoms with Crippen LogP contribution in [0.3, 0.4) is 0 Å². The van der Waals surface area contributed by atoms with E-state index in [-0.39, 0.29) is 0 Å². The van der Waals surface area contributed by atoms with E-state index in [0.29, 0.717) is 19.1 Å². The van der Waals surface area contributed by atoms with Crippen molar-refractivity contribution in [3.8, 4) is 5.75 Å². The van der Waals surface area contributed by atoms with E-state index >= 15 is 0 Å². The maximum atomic E-state index is 5.82. The Hall–Kier alpha value is -2.54. The summed E-state index contributed by atoms with van der Waals surface area (Å²) in [7, 11) is 0. The van der Waals surface area contributed by atoms with Crippen LogP contribution in [0.4, 0.5) is 0 Å². The molecule has 0 amide bonds. The van der Waals surface area contributed by atoms with Gasteiger partial charge < -0.3 is 19.5 Å². The van der Waals surface area contributed by atoms with Gasteiger partial charge in [-0.25, -0.2) is 4.99 Å². The van der Waals surface area contributed by atoms with Gasteiger partial charge in [-0.1, -0.05) is 37.2 Å². The molecule has 0 bridgehead atoms. The number of guanidine groups is 1. The number of para-hydroxylation sites is 1. The topological polar surface area (TPSA) is 66.1 Å². The highest BCUT2D eigenvalue weighted by atomic mass is 16.5. The minimum Gasteiger partial charge on any atom is -0.492 e.